The summed E-state index contributed by atoms with van der Waals surface area (Å²) >= 11 is 0. The SMILES string of the molecule is NC1Cc2ccccc2N(Cc2ncno2)C1. The number of nitrogens with zero attached hydrogens (tertiary/aromatic N) is 3. The smallest absolute Gasteiger partial charge is 0.245 e. The molecule has 5 nitrogen and oxygen atoms in total. The minimum absolute atomic E-state index is 0.160. The molecule has 0 radical (unpaired) electrons. The van der Waals surface area contributed by atoms with Gasteiger partial charge in [-0.2, -0.15) is 4.98 Å². The molecule has 0 saturated carbocycles. The number of rotatable bonds is 2. The highest BCUT2D eigenvalue weighted by Gasteiger charge is 2.22. The molecule has 1 atom stereocenters. The van der Waals surface area contributed by atoms with Crippen LogP contribution in [0.2, 0.25) is 0 Å². The lowest BCUT2D eigenvalue weighted by Crippen LogP contribution is -2.42. The van der Waals surface area contributed by atoms with E-state index in [1.807, 2.05) is 12.1 Å². The lowest BCUT2D eigenvalue weighted by molar-refractivity contribution is 0.372. The van der Waals surface area contributed by atoms with Crippen LogP contribution in [0.5, 0.6) is 0 Å². The Labute approximate surface area is 99.2 Å². The lowest BCUT2D eigenvalue weighted by atomic mass is 9.98. The second-order valence-electron chi connectivity index (χ2n) is 4.31. The minimum Gasteiger partial charge on any atom is -0.360 e. The molecule has 1 aliphatic rings. The Hall–Kier alpha value is -1.88. The molecule has 2 N–H and O–H groups in total. The molecule has 0 fully saturated rings. The molecule has 0 aliphatic carbocycles. The van der Waals surface area contributed by atoms with E-state index in [0.717, 1.165) is 13.0 Å². The van der Waals surface area contributed by atoms with Crippen molar-refractivity contribution >= 4 is 5.69 Å². The third-order valence-electron chi connectivity index (χ3n) is 3.00. The molecule has 17 heavy (non-hydrogen) atoms. The van der Waals surface area contributed by atoms with E-state index in [-0.39, 0.29) is 6.04 Å². The third kappa shape index (κ3) is 2.01. The van der Waals surface area contributed by atoms with E-state index < -0.39 is 0 Å². The Morgan fingerprint density at radius 3 is 3.12 bits per heavy atom. The average molecular weight is 230 g/mol. The predicted molar refractivity (Wildman–Crippen MR) is 63.5 cm³/mol. The zero-order valence-electron chi connectivity index (χ0n) is 9.41. The zero-order chi connectivity index (χ0) is 11.7. The Bertz CT molecular complexity index is 497. The maximum Gasteiger partial charge on any atom is 0.245 e. The van der Waals surface area contributed by atoms with Gasteiger partial charge in [0.05, 0.1) is 6.54 Å². The first-order valence-electron chi connectivity index (χ1n) is 5.67. The average Bonchev–Trinajstić information content (AvgIpc) is 2.81. The molecular weight excluding hydrogens is 216 g/mol. The molecule has 2 heterocycles. The second-order valence-corrected chi connectivity index (χ2v) is 4.31. The molecule has 0 spiro atoms. The Kier molecular flexibility index (Phi) is 2.53. The number of aromatic nitrogens is 2. The van der Waals surface area contributed by atoms with Crippen molar-refractivity contribution in [2.75, 3.05) is 11.4 Å². The van der Waals surface area contributed by atoms with Crippen molar-refractivity contribution in [2.24, 2.45) is 5.73 Å². The van der Waals surface area contributed by atoms with Crippen molar-refractivity contribution < 1.29 is 4.52 Å². The van der Waals surface area contributed by atoms with Crippen molar-refractivity contribution in [1.82, 2.24) is 10.1 Å². The van der Waals surface area contributed by atoms with Gasteiger partial charge in [-0.1, -0.05) is 23.4 Å². The lowest BCUT2D eigenvalue weighted by Gasteiger charge is -2.33. The fraction of sp³-hybridized carbons (Fsp3) is 0.333. The molecule has 0 amide bonds. The monoisotopic (exact) mass is 230 g/mol. The van der Waals surface area contributed by atoms with E-state index in [0.29, 0.717) is 12.4 Å². The van der Waals surface area contributed by atoms with Gasteiger partial charge in [0.1, 0.15) is 0 Å². The summed E-state index contributed by atoms with van der Waals surface area (Å²) in [6.45, 7) is 1.43. The van der Waals surface area contributed by atoms with Crippen molar-refractivity contribution in [3.8, 4) is 0 Å². The van der Waals surface area contributed by atoms with E-state index in [9.17, 15) is 0 Å². The normalized spacial score (nSPS) is 19.1. The van der Waals surface area contributed by atoms with Crippen LogP contribution in [-0.4, -0.2) is 22.7 Å². The van der Waals surface area contributed by atoms with Crippen LogP contribution in [0, 0.1) is 0 Å². The van der Waals surface area contributed by atoms with Gasteiger partial charge in [-0.3, -0.25) is 0 Å². The molecule has 3 rings (SSSR count). The van der Waals surface area contributed by atoms with Crippen molar-refractivity contribution in [1.29, 1.82) is 0 Å². The van der Waals surface area contributed by atoms with Crippen LogP contribution < -0.4 is 10.6 Å². The van der Waals surface area contributed by atoms with Gasteiger partial charge < -0.3 is 15.2 Å². The minimum atomic E-state index is 0.160. The predicted octanol–water partition coefficient (Wildman–Crippen LogP) is 0.960. The fourth-order valence-corrected chi connectivity index (χ4v) is 2.30. The number of hydrogen-bond acceptors (Lipinski definition) is 5. The highest BCUT2D eigenvalue weighted by Crippen LogP contribution is 2.27. The summed E-state index contributed by atoms with van der Waals surface area (Å²) in [7, 11) is 0. The first kappa shape index (κ1) is 10.3. The van der Waals surface area contributed by atoms with Gasteiger partial charge in [-0.15, -0.1) is 0 Å². The van der Waals surface area contributed by atoms with Gasteiger partial charge in [-0.25, -0.2) is 0 Å². The molecule has 2 aromatic rings. The van der Waals surface area contributed by atoms with E-state index in [1.54, 1.807) is 0 Å². The third-order valence-corrected chi connectivity index (χ3v) is 3.00. The number of nitrogens with two attached hydrogens (primary N) is 1. The van der Waals surface area contributed by atoms with Gasteiger partial charge >= 0.3 is 0 Å². The van der Waals surface area contributed by atoms with Gasteiger partial charge in [0.15, 0.2) is 6.33 Å². The summed E-state index contributed by atoms with van der Waals surface area (Å²) < 4.78 is 5.04. The van der Waals surface area contributed by atoms with Gasteiger partial charge in [0.2, 0.25) is 5.89 Å². The summed E-state index contributed by atoms with van der Waals surface area (Å²) in [5.41, 5.74) is 8.56. The number of fused-ring (bicyclic) bond motifs is 1. The number of hydrogen-bond donors (Lipinski definition) is 1. The van der Waals surface area contributed by atoms with Crippen LogP contribution in [0.1, 0.15) is 11.5 Å². The van der Waals surface area contributed by atoms with E-state index >= 15 is 0 Å². The summed E-state index contributed by atoms with van der Waals surface area (Å²) in [5, 5.41) is 3.62. The fourth-order valence-electron chi connectivity index (χ4n) is 2.30. The highest BCUT2D eigenvalue weighted by molar-refractivity contribution is 5.56. The molecule has 5 heteroatoms. The maximum atomic E-state index is 6.06. The maximum absolute atomic E-state index is 6.06. The molecular formula is C12H14N4O. The Balaban J connectivity index is 1.90. The van der Waals surface area contributed by atoms with Crippen molar-refractivity contribution in [3.05, 3.63) is 42.0 Å². The van der Waals surface area contributed by atoms with Crippen LogP contribution >= 0.6 is 0 Å². The first-order chi connectivity index (χ1) is 8.33. The number of para-hydroxylation sites is 1. The van der Waals surface area contributed by atoms with Gasteiger partial charge in [0.25, 0.3) is 0 Å². The number of benzene rings is 1. The first-order valence-corrected chi connectivity index (χ1v) is 5.67. The summed E-state index contributed by atoms with van der Waals surface area (Å²) in [6.07, 6.45) is 2.35. The Morgan fingerprint density at radius 1 is 1.41 bits per heavy atom. The topological polar surface area (TPSA) is 68.2 Å². The van der Waals surface area contributed by atoms with Crippen LogP contribution in [0.3, 0.4) is 0 Å². The molecule has 88 valence electrons. The zero-order valence-corrected chi connectivity index (χ0v) is 9.41. The van der Waals surface area contributed by atoms with E-state index in [4.69, 9.17) is 10.3 Å². The van der Waals surface area contributed by atoms with E-state index in [1.165, 1.54) is 17.6 Å². The second kappa shape index (κ2) is 4.18. The van der Waals surface area contributed by atoms with Crippen LogP contribution in [0.15, 0.2) is 35.1 Å². The molecule has 1 aliphatic heterocycles. The number of anilines is 1. The van der Waals surface area contributed by atoms with E-state index in [2.05, 4.69) is 27.2 Å². The molecule has 0 bridgehead atoms. The molecule has 1 aromatic heterocycles. The summed E-state index contributed by atoms with van der Waals surface area (Å²) in [5.74, 6) is 0.619. The quantitative estimate of drug-likeness (QED) is 0.832. The van der Waals surface area contributed by atoms with Crippen molar-refractivity contribution in [2.45, 2.75) is 19.0 Å². The van der Waals surface area contributed by atoms with Crippen LogP contribution in [0.4, 0.5) is 5.69 Å². The molecule has 1 unspecified atom stereocenters. The molecule has 1 aromatic carbocycles. The van der Waals surface area contributed by atoms with Crippen molar-refractivity contribution in [3.63, 3.8) is 0 Å². The van der Waals surface area contributed by atoms with Gasteiger partial charge in [0, 0.05) is 18.3 Å². The van der Waals surface area contributed by atoms with Gasteiger partial charge in [-0.05, 0) is 18.1 Å². The standard InChI is InChI=1S/C12H14N4O/c13-10-5-9-3-1-2-4-11(9)16(6-10)7-12-14-8-15-17-12/h1-4,8,10H,5-7,13H2. The highest BCUT2D eigenvalue weighted by atomic mass is 16.5. The largest absolute Gasteiger partial charge is 0.360 e. The Morgan fingerprint density at radius 2 is 2.29 bits per heavy atom. The summed E-state index contributed by atoms with van der Waals surface area (Å²) in [6, 6.07) is 8.47. The van der Waals surface area contributed by atoms with Crippen LogP contribution in [-0.2, 0) is 13.0 Å². The summed E-state index contributed by atoms with van der Waals surface area (Å²) in [4.78, 5) is 6.24. The molecule has 0 saturated heterocycles. The van der Waals surface area contributed by atoms with Crippen LogP contribution in [0.25, 0.3) is 0 Å².